The highest BCUT2D eigenvalue weighted by molar-refractivity contribution is 6.30. The third-order valence-electron chi connectivity index (χ3n) is 3.34. The van der Waals surface area contributed by atoms with Crippen molar-refractivity contribution in [3.05, 3.63) is 46.1 Å². The van der Waals surface area contributed by atoms with Gasteiger partial charge in [0.2, 0.25) is 0 Å². The minimum absolute atomic E-state index is 0.152. The zero-order valence-corrected chi connectivity index (χ0v) is 13.8. The maximum Gasteiger partial charge on any atom is 0.338 e. The molecule has 2 rings (SSSR count). The number of hydrogen-bond acceptors (Lipinski definition) is 4. The monoisotopic (exact) mass is 338 g/mol. The minimum Gasteiger partial charge on any atom is -0.460 e. The van der Waals surface area contributed by atoms with Gasteiger partial charge in [-0.05, 0) is 31.5 Å². The Morgan fingerprint density at radius 2 is 2.13 bits per heavy atom. The Bertz CT molecular complexity index is 630. The highest BCUT2D eigenvalue weighted by atomic mass is 35.5. The van der Waals surface area contributed by atoms with Crippen LogP contribution in [-0.4, -0.2) is 31.8 Å². The molecule has 7 heteroatoms. The molecule has 1 aliphatic rings. The van der Waals surface area contributed by atoms with E-state index in [1.54, 1.807) is 31.2 Å². The van der Waals surface area contributed by atoms with Crippen molar-refractivity contribution in [2.45, 2.75) is 19.9 Å². The molecule has 2 N–H and O–H groups in total. The highest BCUT2D eigenvalue weighted by Gasteiger charge is 2.32. The average molecular weight is 339 g/mol. The van der Waals surface area contributed by atoms with Crippen LogP contribution in [-0.2, 0) is 14.3 Å². The van der Waals surface area contributed by atoms with Crippen molar-refractivity contribution in [3.8, 4) is 0 Å². The summed E-state index contributed by atoms with van der Waals surface area (Å²) in [6.45, 7) is 4.57. The molecule has 1 aromatic carbocycles. The van der Waals surface area contributed by atoms with Crippen LogP contribution >= 0.6 is 11.6 Å². The van der Waals surface area contributed by atoms with Gasteiger partial charge in [0.15, 0.2) is 0 Å². The number of urea groups is 1. The summed E-state index contributed by atoms with van der Waals surface area (Å²) in [6.07, 6.45) is 0. The number of allylic oxidation sites excluding steroid dienone is 1. The average Bonchev–Trinajstić information content (AvgIpc) is 2.50. The molecule has 0 fully saturated rings. The van der Waals surface area contributed by atoms with Gasteiger partial charge in [0, 0.05) is 17.3 Å². The first-order chi connectivity index (χ1) is 11.0. The SMILES string of the molecule is CCOCCOC(=O)C1=C(C)NC(=O)N[C@@H]1c1cccc(Cl)c1. The number of hydrogen-bond donors (Lipinski definition) is 2. The zero-order chi connectivity index (χ0) is 16.8. The molecule has 1 heterocycles. The first-order valence-corrected chi connectivity index (χ1v) is 7.69. The fourth-order valence-electron chi connectivity index (χ4n) is 2.32. The van der Waals surface area contributed by atoms with Gasteiger partial charge in [-0.15, -0.1) is 0 Å². The molecular formula is C16H19ClN2O4. The topological polar surface area (TPSA) is 76.7 Å². The van der Waals surface area contributed by atoms with Gasteiger partial charge < -0.3 is 20.1 Å². The van der Waals surface area contributed by atoms with Gasteiger partial charge in [-0.1, -0.05) is 23.7 Å². The van der Waals surface area contributed by atoms with Gasteiger partial charge in [-0.2, -0.15) is 0 Å². The molecule has 0 bridgehead atoms. The molecule has 0 aromatic heterocycles. The lowest BCUT2D eigenvalue weighted by Crippen LogP contribution is -2.45. The highest BCUT2D eigenvalue weighted by Crippen LogP contribution is 2.28. The summed E-state index contributed by atoms with van der Waals surface area (Å²) in [5.74, 6) is -0.500. The summed E-state index contributed by atoms with van der Waals surface area (Å²) in [4.78, 5) is 24.1. The van der Waals surface area contributed by atoms with E-state index in [2.05, 4.69) is 10.6 Å². The van der Waals surface area contributed by atoms with Crippen molar-refractivity contribution < 1.29 is 19.1 Å². The van der Waals surface area contributed by atoms with Crippen molar-refractivity contribution in [2.24, 2.45) is 0 Å². The first kappa shape index (κ1) is 17.3. The predicted molar refractivity (Wildman–Crippen MR) is 86.0 cm³/mol. The van der Waals surface area contributed by atoms with Crippen LogP contribution in [0.5, 0.6) is 0 Å². The number of benzene rings is 1. The number of carbonyl (C=O) groups excluding carboxylic acids is 2. The van der Waals surface area contributed by atoms with Gasteiger partial charge in [0.25, 0.3) is 0 Å². The summed E-state index contributed by atoms with van der Waals surface area (Å²) in [5, 5.41) is 5.84. The predicted octanol–water partition coefficient (Wildman–Crippen LogP) is 2.55. The summed E-state index contributed by atoms with van der Waals surface area (Å²) in [6, 6.07) is 6.01. The van der Waals surface area contributed by atoms with Crippen LogP contribution in [0.2, 0.25) is 5.02 Å². The molecule has 0 saturated carbocycles. The molecule has 1 aromatic rings. The lowest BCUT2D eigenvalue weighted by Gasteiger charge is -2.28. The lowest BCUT2D eigenvalue weighted by molar-refractivity contribution is -0.141. The van der Waals surface area contributed by atoms with Crippen LogP contribution in [0.3, 0.4) is 0 Å². The molecule has 0 spiro atoms. The van der Waals surface area contributed by atoms with Crippen LogP contribution in [0.15, 0.2) is 35.5 Å². The van der Waals surface area contributed by atoms with E-state index in [1.807, 2.05) is 6.92 Å². The van der Waals surface area contributed by atoms with E-state index in [1.165, 1.54) is 0 Å². The lowest BCUT2D eigenvalue weighted by atomic mass is 9.96. The van der Waals surface area contributed by atoms with Crippen molar-refractivity contribution >= 4 is 23.6 Å². The fourth-order valence-corrected chi connectivity index (χ4v) is 2.51. The molecule has 0 aliphatic carbocycles. The third-order valence-corrected chi connectivity index (χ3v) is 3.57. The van der Waals surface area contributed by atoms with Gasteiger partial charge in [-0.3, -0.25) is 0 Å². The van der Waals surface area contributed by atoms with Gasteiger partial charge >= 0.3 is 12.0 Å². The van der Waals surface area contributed by atoms with Gasteiger partial charge in [0.05, 0.1) is 18.2 Å². The molecule has 0 radical (unpaired) electrons. The normalized spacial score (nSPS) is 17.5. The second-order valence-corrected chi connectivity index (χ2v) is 5.39. The molecule has 23 heavy (non-hydrogen) atoms. The Morgan fingerprint density at radius 1 is 1.35 bits per heavy atom. The van der Waals surface area contributed by atoms with E-state index in [0.717, 1.165) is 0 Å². The first-order valence-electron chi connectivity index (χ1n) is 7.31. The zero-order valence-electron chi connectivity index (χ0n) is 13.0. The Hall–Kier alpha value is -2.05. The molecule has 1 aliphatic heterocycles. The molecule has 0 saturated heterocycles. The van der Waals surface area contributed by atoms with Crippen molar-refractivity contribution in [1.82, 2.24) is 10.6 Å². The van der Waals surface area contributed by atoms with E-state index in [4.69, 9.17) is 21.1 Å². The minimum atomic E-state index is -0.609. The van der Waals surface area contributed by atoms with E-state index in [9.17, 15) is 9.59 Å². The number of carbonyl (C=O) groups is 2. The van der Waals surface area contributed by atoms with Crippen LogP contribution in [0.1, 0.15) is 25.5 Å². The molecule has 1 atom stereocenters. The Kier molecular flexibility index (Phi) is 6.01. The van der Waals surface area contributed by atoms with Gasteiger partial charge in [-0.25, -0.2) is 9.59 Å². The summed E-state index contributed by atoms with van der Waals surface area (Å²) >= 11 is 6.01. The fraction of sp³-hybridized carbons (Fsp3) is 0.375. The second kappa shape index (κ2) is 7.99. The number of nitrogens with one attached hydrogen (secondary N) is 2. The summed E-state index contributed by atoms with van der Waals surface area (Å²) in [7, 11) is 0. The number of ether oxygens (including phenoxy) is 2. The summed E-state index contributed by atoms with van der Waals surface area (Å²) in [5.41, 5.74) is 1.52. The molecule has 2 amide bonds. The third kappa shape index (κ3) is 4.46. The van der Waals surface area contributed by atoms with Crippen LogP contribution in [0.25, 0.3) is 0 Å². The maximum absolute atomic E-state index is 12.4. The smallest absolute Gasteiger partial charge is 0.338 e. The summed E-state index contributed by atoms with van der Waals surface area (Å²) < 4.78 is 10.4. The van der Waals surface area contributed by atoms with E-state index in [0.29, 0.717) is 35.1 Å². The van der Waals surface area contributed by atoms with Crippen LogP contribution in [0.4, 0.5) is 4.79 Å². The molecule has 0 unspecified atom stereocenters. The van der Waals surface area contributed by atoms with E-state index >= 15 is 0 Å². The van der Waals surface area contributed by atoms with Crippen molar-refractivity contribution in [3.63, 3.8) is 0 Å². The number of rotatable bonds is 6. The molecule has 6 nitrogen and oxygen atoms in total. The van der Waals surface area contributed by atoms with Gasteiger partial charge in [0.1, 0.15) is 6.61 Å². The van der Waals surface area contributed by atoms with Crippen LogP contribution in [0, 0.1) is 0 Å². The van der Waals surface area contributed by atoms with Crippen LogP contribution < -0.4 is 10.6 Å². The Balaban J connectivity index is 2.22. The maximum atomic E-state index is 12.4. The molecular weight excluding hydrogens is 320 g/mol. The number of esters is 1. The standard InChI is InChI=1S/C16H19ClN2O4/c1-3-22-7-8-23-15(20)13-10(2)18-16(21)19-14(13)11-5-4-6-12(17)9-11/h4-6,9,14H,3,7-8H2,1-2H3,(H2,18,19,21)/t14-/m1/s1. The quantitative estimate of drug-likeness (QED) is 0.617. The van der Waals surface area contributed by atoms with E-state index in [-0.39, 0.29) is 12.6 Å². The number of halogens is 1. The van der Waals surface area contributed by atoms with Crippen molar-refractivity contribution in [1.29, 1.82) is 0 Å². The van der Waals surface area contributed by atoms with E-state index < -0.39 is 12.0 Å². The Labute approximate surface area is 139 Å². The Morgan fingerprint density at radius 3 is 2.83 bits per heavy atom. The second-order valence-electron chi connectivity index (χ2n) is 4.96. The van der Waals surface area contributed by atoms with Crippen molar-refractivity contribution in [2.75, 3.05) is 19.8 Å². The largest absolute Gasteiger partial charge is 0.460 e. The molecule has 124 valence electrons. The number of amides is 2.